The maximum absolute atomic E-state index is 12.4. The third-order valence-electron chi connectivity index (χ3n) is 8.23. The molecule has 35 heavy (non-hydrogen) atoms. The van der Waals surface area contributed by atoms with E-state index in [9.17, 15) is 4.79 Å². The van der Waals surface area contributed by atoms with Crippen LogP contribution in [0.4, 0.5) is 11.4 Å². The maximum Gasteiger partial charge on any atom is 0.225 e. The third-order valence-corrected chi connectivity index (χ3v) is 8.23. The fourth-order valence-corrected chi connectivity index (χ4v) is 5.81. The van der Waals surface area contributed by atoms with E-state index in [1.54, 1.807) is 0 Å². The van der Waals surface area contributed by atoms with Gasteiger partial charge in [-0.3, -0.25) is 14.7 Å². The van der Waals surface area contributed by atoms with Crippen LogP contribution >= 0.6 is 0 Å². The zero-order valence-electron chi connectivity index (χ0n) is 21.1. The van der Waals surface area contributed by atoms with Gasteiger partial charge >= 0.3 is 0 Å². The van der Waals surface area contributed by atoms with Gasteiger partial charge in [0.15, 0.2) is 0 Å². The first-order chi connectivity index (χ1) is 17.1. The number of hydrogen-bond donors (Lipinski definition) is 0. The fraction of sp³-hybridized carbons (Fsp3) is 0.517. The van der Waals surface area contributed by atoms with Crippen LogP contribution in [0, 0.1) is 5.92 Å². The Labute approximate surface area is 209 Å². The Bertz CT molecular complexity index is 1100. The molecule has 6 rings (SSSR count). The molecule has 6 heteroatoms. The van der Waals surface area contributed by atoms with Crippen LogP contribution < -0.4 is 9.80 Å². The van der Waals surface area contributed by atoms with Gasteiger partial charge < -0.3 is 14.7 Å². The van der Waals surface area contributed by atoms with Crippen molar-refractivity contribution in [2.24, 2.45) is 5.92 Å². The van der Waals surface area contributed by atoms with Crippen LogP contribution in [0.2, 0.25) is 0 Å². The van der Waals surface area contributed by atoms with E-state index in [1.807, 2.05) is 6.20 Å². The molecule has 1 aromatic heterocycles. The predicted molar refractivity (Wildman–Crippen MR) is 143 cm³/mol. The molecule has 2 aliphatic heterocycles. The molecule has 0 radical (unpaired) electrons. The molecular weight excluding hydrogens is 434 g/mol. The van der Waals surface area contributed by atoms with E-state index < -0.39 is 0 Å². The highest BCUT2D eigenvalue weighted by molar-refractivity contribution is 5.92. The molecule has 3 heterocycles. The number of anilines is 2. The second-order valence-electron chi connectivity index (χ2n) is 10.8. The highest BCUT2D eigenvalue weighted by Crippen LogP contribution is 2.37. The van der Waals surface area contributed by atoms with Gasteiger partial charge in [-0.15, -0.1) is 0 Å². The maximum atomic E-state index is 12.4. The second kappa shape index (κ2) is 9.30. The van der Waals surface area contributed by atoms with Crippen LogP contribution in [0.5, 0.6) is 0 Å². The van der Waals surface area contributed by atoms with Crippen LogP contribution in [-0.2, 0) is 11.2 Å². The average molecular weight is 472 g/mol. The molecule has 4 aliphatic rings. The number of amides is 1. The van der Waals surface area contributed by atoms with Crippen molar-refractivity contribution < 1.29 is 4.79 Å². The Hall–Kier alpha value is -2.86. The zero-order chi connectivity index (χ0) is 23.9. The molecule has 2 aromatic rings. The van der Waals surface area contributed by atoms with Crippen molar-refractivity contribution in [2.75, 3.05) is 62.2 Å². The molecule has 0 unspecified atom stereocenters. The van der Waals surface area contributed by atoms with Gasteiger partial charge in [0.25, 0.3) is 0 Å². The van der Waals surface area contributed by atoms with Gasteiger partial charge in [-0.2, -0.15) is 0 Å². The quantitative estimate of drug-likeness (QED) is 0.664. The number of benzene rings is 1. The van der Waals surface area contributed by atoms with Crippen molar-refractivity contribution >= 4 is 28.9 Å². The molecule has 1 aromatic carbocycles. The first-order valence-corrected chi connectivity index (χ1v) is 13.4. The van der Waals surface area contributed by atoms with Gasteiger partial charge in [0.2, 0.25) is 5.91 Å². The number of fused-ring (bicyclic) bond motifs is 1. The largest absolute Gasteiger partial charge is 0.369 e. The summed E-state index contributed by atoms with van der Waals surface area (Å²) in [6.07, 6.45) is 7.35. The number of pyridine rings is 1. The molecule has 0 atom stereocenters. The van der Waals surface area contributed by atoms with E-state index in [0.717, 1.165) is 71.6 Å². The Morgan fingerprint density at radius 1 is 0.886 bits per heavy atom. The predicted octanol–water partition coefficient (Wildman–Crippen LogP) is 3.77. The molecular formula is C29H37N5O. The summed E-state index contributed by atoms with van der Waals surface area (Å²) < 4.78 is 0. The number of rotatable bonds is 5. The molecule has 2 saturated heterocycles. The lowest BCUT2D eigenvalue weighted by atomic mass is 10.0. The SMILES string of the molecule is CC(C)N1CCN(c2ccc(C3=Cc4c(N5CCN(C(=O)C6CC6)CC5)ccnc4C3)cc2)CC1. The van der Waals surface area contributed by atoms with Crippen molar-refractivity contribution in [3.8, 4) is 0 Å². The molecule has 0 bridgehead atoms. The molecule has 6 nitrogen and oxygen atoms in total. The molecule has 0 N–H and O–H groups in total. The van der Waals surface area contributed by atoms with Gasteiger partial charge in [0.1, 0.15) is 0 Å². The smallest absolute Gasteiger partial charge is 0.225 e. The van der Waals surface area contributed by atoms with E-state index in [1.165, 1.54) is 33.8 Å². The van der Waals surface area contributed by atoms with Crippen molar-refractivity contribution in [2.45, 2.75) is 39.2 Å². The monoisotopic (exact) mass is 471 g/mol. The molecule has 3 fully saturated rings. The molecule has 0 spiro atoms. The Morgan fingerprint density at radius 3 is 2.23 bits per heavy atom. The fourth-order valence-electron chi connectivity index (χ4n) is 5.81. The van der Waals surface area contributed by atoms with E-state index in [0.29, 0.717) is 17.9 Å². The van der Waals surface area contributed by atoms with Gasteiger partial charge in [0.05, 0.1) is 5.69 Å². The first kappa shape index (κ1) is 22.6. The van der Waals surface area contributed by atoms with Crippen LogP contribution in [0.25, 0.3) is 11.6 Å². The summed E-state index contributed by atoms with van der Waals surface area (Å²) in [6.45, 7) is 12.5. The number of nitrogens with zero attached hydrogens (tertiary/aromatic N) is 5. The lowest BCUT2D eigenvalue weighted by Gasteiger charge is -2.38. The molecule has 1 saturated carbocycles. The third kappa shape index (κ3) is 4.56. The standard InChI is InChI=1S/C29H37N5O/c1-21(2)31-11-13-32(14-12-31)25-7-5-22(6-8-25)24-19-26-27(20-24)30-10-9-28(26)33-15-17-34(18-16-33)29(35)23-3-4-23/h5-10,19,21,23H,3-4,11-18,20H2,1-2H3. The summed E-state index contributed by atoms with van der Waals surface area (Å²) in [5.41, 5.74) is 7.66. The number of piperazine rings is 2. The number of carbonyl (C=O) groups is 1. The molecule has 1 amide bonds. The zero-order valence-corrected chi connectivity index (χ0v) is 21.1. The van der Waals surface area contributed by atoms with Gasteiger partial charge in [-0.05, 0) is 62.1 Å². The lowest BCUT2D eigenvalue weighted by molar-refractivity contribution is -0.132. The van der Waals surface area contributed by atoms with Gasteiger partial charge in [-0.1, -0.05) is 12.1 Å². The lowest BCUT2D eigenvalue weighted by Crippen LogP contribution is -2.49. The number of aromatic nitrogens is 1. The Morgan fingerprint density at radius 2 is 1.57 bits per heavy atom. The van der Waals surface area contributed by atoms with Crippen LogP contribution in [0.1, 0.15) is 43.5 Å². The summed E-state index contributed by atoms with van der Waals surface area (Å²) >= 11 is 0. The normalized spacial score (nSPS) is 20.9. The summed E-state index contributed by atoms with van der Waals surface area (Å²) in [4.78, 5) is 26.7. The number of carbonyl (C=O) groups excluding carboxylic acids is 1. The van der Waals surface area contributed by atoms with Crippen molar-refractivity contribution in [3.05, 3.63) is 53.3 Å². The average Bonchev–Trinajstić information content (AvgIpc) is 3.66. The number of hydrogen-bond acceptors (Lipinski definition) is 5. The minimum absolute atomic E-state index is 0.313. The van der Waals surface area contributed by atoms with Crippen LogP contribution in [0.3, 0.4) is 0 Å². The number of allylic oxidation sites excluding steroid dienone is 1. The highest BCUT2D eigenvalue weighted by Gasteiger charge is 2.35. The van der Waals surface area contributed by atoms with Crippen LogP contribution in [-0.4, -0.2) is 79.1 Å². The minimum Gasteiger partial charge on any atom is -0.369 e. The first-order valence-electron chi connectivity index (χ1n) is 13.4. The summed E-state index contributed by atoms with van der Waals surface area (Å²) in [7, 11) is 0. The van der Waals surface area contributed by atoms with Gasteiger partial charge in [0, 0.05) is 93.9 Å². The summed E-state index contributed by atoms with van der Waals surface area (Å²) in [5, 5.41) is 0. The van der Waals surface area contributed by atoms with Gasteiger partial charge in [-0.25, -0.2) is 0 Å². The molecule has 2 aliphatic carbocycles. The van der Waals surface area contributed by atoms with E-state index in [2.05, 4.69) is 69.9 Å². The Balaban J connectivity index is 1.13. The molecule has 184 valence electrons. The van der Waals surface area contributed by atoms with Crippen molar-refractivity contribution in [3.63, 3.8) is 0 Å². The topological polar surface area (TPSA) is 42.9 Å². The van der Waals surface area contributed by atoms with E-state index in [-0.39, 0.29) is 0 Å². The van der Waals surface area contributed by atoms with Crippen molar-refractivity contribution in [1.29, 1.82) is 0 Å². The van der Waals surface area contributed by atoms with E-state index in [4.69, 9.17) is 4.98 Å². The van der Waals surface area contributed by atoms with E-state index >= 15 is 0 Å². The van der Waals surface area contributed by atoms with Crippen molar-refractivity contribution in [1.82, 2.24) is 14.8 Å². The van der Waals surface area contributed by atoms with Crippen LogP contribution in [0.15, 0.2) is 36.5 Å². The Kier molecular flexibility index (Phi) is 6.01. The second-order valence-corrected chi connectivity index (χ2v) is 10.8. The highest BCUT2D eigenvalue weighted by atomic mass is 16.2. The minimum atomic E-state index is 0.313. The summed E-state index contributed by atoms with van der Waals surface area (Å²) in [5.74, 6) is 0.685. The summed E-state index contributed by atoms with van der Waals surface area (Å²) in [6, 6.07) is 11.9.